The molecule has 1 unspecified atom stereocenters. The number of rotatable bonds is 9. The fourth-order valence-electron chi connectivity index (χ4n) is 4.45. The molecule has 37 heavy (non-hydrogen) atoms. The monoisotopic (exact) mass is 520 g/mol. The van der Waals surface area contributed by atoms with Crippen LogP contribution < -0.4 is 13.7 Å². The Bertz CT molecular complexity index is 1390. The number of benzene rings is 2. The van der Waals surface area contributed by atoms with Crippen LogP contribution in [0.2, 0.25) is 0 Å². The highest BCUT2D eigenvalue weighted by atomic mass is 32.2. The molecule has 6 heteroatoms. The van der Waals surface area contributed by atoms with Crippen molar-refractivity contribution in [1.29, 1.82) is 0 Å². The zero-order chi connectivity index (χ0) is 26.8. The Hall–Kier alpha value is -3.25. The van der Waals surface area contributed by atoms with Gasteiger partial charge in [-0.2, -0.15) is 8.42 Å². The van der Waals surface area contributed by atoms with Crippen molar-refractivity contribution in [2.45, 2.75) is 64.7 Å². The van der Waals surface area contributed by atoms with Gasteiger partial charge in [-0.15, -0.1) is 0 Å². The third kappa shape index (κ3) is 6.19. The van der Waals surface area contributed by atoms with Crippen molar-refractivity contribution in [3.63, 3.8) is 0 Å². The Morgan fingerprint density at radius 2 is 1.95 bits per heavy atom. The Labute approximate surface area is 221 Å². The Kier molecular flexibility index (Phi) is 7.69. The molecular weight excluding hydrogens is 484 g/mol. The van der Waals surface area contributed by atoms with E-state index in [1.54, 1.807) is 6.08 Å². The summed E-state index contributed by atoms with van der Waals surface area (Å²) >= 11 is 0. The first-order valence-corrected chi connectivity index (χ1v) is 14.2. The molecule has 5 nitrogen and oxygen atoms in total. The van der Waals surface area contributed by atoms with E-state index in [0.29, 0.717) is 17.6 Å². The van der Waals surface area contributed by atoms with Crippen molar-refractivity contribution in [2.75, 3.05) is 6.61 Å². The average molecular weight is 521 g/mol. The highest BCUT2D eigenvalue weighted by Crippen LogP contribution is 2.39. The van der Waals surface area contributed by atoms with Gasteiger partial charge in [0.05, 0.1) is 5.56 Å². The summed E-state index contributed by atoms with van der Waals surface area (Å²) in [5.41, 5.74) is 4.78. The molecule has 1 aliphatic carbocycles. The molecule has 1 aliphatic heterocycles. The van der Waals surface area contributed by atoms with Crippen molar-refractivity contribution < 1.29 is 22.1 Å². The molecule has 0 saturated carbocycles. The van der Waals surface area contributed by atoms with E-state index in [9.17, 15) is 8.42 Å². The van der Waals surface area contributed by atoms with Crippen molar-refractivity contribution >= 4 is 21.8 Å². The van der Waals surface area contributed by atoms with Crippen LogP contribution in [-0.2, 0) is 16.5 Å². The summed E-state index contributed by atoms with van der Waals surface area (Å²) < 4.78 is 44.4. The third-order valence-electron chi connectivity index (χ3n) is 6.56. The fraction of sp³-hybridized carbons (Fsp3) is 0.355. The number of allylic oxidation sites excluding steroid dienone is 3. The molecule has 1 atom stereocenters. The normalized spacial score (nSPS) is 18.0. The minimum absolute atomic E-state index is 0.170. The van der Waals surface area contributed by atoms with E-state index < -0.39 is 15.4 Å². The topological polar surface area (TPSA) is 61.8 Å². The van der Waals surface area contributed by atoms with Crippen LogP contribution in [0.4, 0.5) is 0 Å². The number of aryl methyl sites for hydroxylation is 2. The molecule has 0 bridgehead atoms. The van der Waals surface area contributed by atoms with Crippen molar-refractivity contribution in [3.05, 3.63) is 89.0 Å². The molecule has 0 radical (unpaired) electrons. The lowest BCUT2D eigenvalue weighted by Crippen LogP contribution is -2.27. The van der Waals surface area contributed by atoms with E-state index in [0.717, 1.165) is 46.6 Å². The van der Waals surface area contributed by atoms with Gasteiger partial charge in [-0.05, 0) is 81.5 Å². The summed E-state index contributed by atoms with van der Waals surface area (Å²) in [6.45, 7) is 14.4. The minimum Gasteiger partial charge on any atom is -0.488 e. The molecule has 2 aromatic rings. The first kappa shape index (κ1) is 26.8. The quantitative estimate of drug-likeness (QED) is 0.327. The van der Waals surface area contributed by atoms with Crippen LogP contribution in [0.25, 0.3) is 11.6 Å². The van der Waals surface area contributed by atoms with Gasteiger partial charge in [0.25, 0.3) is 0 Å². The molecule has 0 aromatic heterocycles. The Morgan fingerprint density at radius 3 is 2.65 bits per heavy atom. The molecule has 1 heterocycles. The zero-order valence-electron chi connectivity index (χ0n) is 22.3. The number of hydrogen-bond donors (Lipinski definition) is 0. The van der Waals surface area contributed by atoms with E-state index in [1.807, 2.05) is 82.3 Å². The predicted octanol–water partition coefficient (Wildman–Crippen LogP) is 7.21. The Balaban J connectivity index is 1.59. The van der Waals surface area contributed by atoms with Gasteiger partial charge in [-0.1, -0.05) is 61.9 Å². The second-order valence-electron chi connectivity index (χ2n) is 10.3. The van der Waals surface area contributed by atoms with Crippen molar-refractivity contribution in [2.24, 2.45) is 0 Å². The van der Waals surface area contributed by atoms with Gasteiger partial charge in [-0.25, -0.2) is 0 Å². The molecule has 0 amide bonds. The molecule has 196 valence electrons. The van der Waals surface area contributed by atoms with Gasteiger partial charge < -0.3 is 13.7 Å². The summed E-state index contributed by atoms with van der Waals surface area (Å²) in [4.78, 5) is 0. The standard InChI is InChI=1S/C31H36O5S/c1-7-8-24-12-15-26(29(19-24)36-37(32,33)25-13-9-21(2)10-14-25)23(4)20-34-30-22(3)11-16-28-27(30)17-18-31(5,6)35-28/h9-13,15-19,25H,4,7-8,14,20H2,1-3,5-6H3. The largest absolute Gasteiger partial charge is 0.488 e. The van der Waals surface area contributed by atoms with Crippen molar-refractivity contribution in [3.8, 4) is 17.2 Å². The van der Waals surface area contributed by atoms with Gasteiger partial charge in [-0.3, -0.25) is 0 Å². The van der Waals surface area contributed by atoms with Crippen LogP contribution in [-0.4, -0.2) is 25.9 Å². The third-order valence-corrected chi connectivity index (χ3v) is 8.06. The molecule has 2 aromatic carbocycles. The van der Waals surface area contributed by atoms with Crippen LogP contribution in [0.5, 0.6) is 17.2 Å². The highest BCUT2D eigenvalue weighted by Gasteiger charge is 2.28. The number of ether oxygens (including phenoxy) is 2. The second kappa shape index (κ2) is 10.6. The average Bonchev–Trinajstić information content (AvgIpc) is 2.83. The fourth-order valence-corrected chi connectivity index (χ4v) is 5.56. The predicted molar refractivity (Wildman–Crippen MR) is 151 cm³/mol. The zero-order valence-corrected chi connectivity index (χ0v) is 23.2. The first-order valence-electron chi connectivity index (χ1n) is 12.7. The lowest BCUT2D eigenvalue weighted by atomic mass is 9.99. The summed E-state index contributed by atoms with van der Waals surface area (Å²) in [7, 11) is -3.88. The van der Waals surface area contributed by atoms with Crippen LogP contribution in [0.15, 0.2) is 66.8 Å². The van der Waals surface area contributed by atoms with Crippen LogP contribution in [0.1, 0.15) is 62.8 Å². The van der Waals surface area contributed by atoms with E-state index in [4.69, 9.17) is 13.7 Å². The summed E-state index contributed by atoms with van der Waals surface area (Å²) in [6, 6.07) is 9.60. The molecule has 0 spiro atoms. The number of hydrogen-bond acceptors (Lipinski definition) is 5. The number of fused-ring (bicyclic) bond motifs is 1. The molecule has 4 rings (SSSR count). The minimum atomic E-state index is -3.88. The van der Waals surface area contributed by atoms with Crippen molar-refractivity contribution in [1.82, 2.24) is 0 Å². The molecule has 2 aliphatic rings. The van der Waals surface area contributed by atoms with E-state index in [-0.39, 0.29) is 18.0 Å². The van der Waals surface area contributed by atoms with Gasteiger partial charge >= 0.3 is 10.1 Å². The van der Waals surface area contributed by atoms with Gasteiger partial charge in [0.1, 0.15) is 29.0 Å². The maximum absolute atomic E-state index is 13.2. The summed E-state index contributed by atoms with van der Waals surface area (Å²) in [6.07, 6.45) is 11.6. The smallest absolute Gasteiger partial charge is 0.316 e. The molecule has 0 N–H and O–H groups in total. The van der Waals surface area contributed by atoms with E-state index >= 15 is 0 Å². The lowest BCUT2D eigenvalue weighted by Gasteiger charge is -2.29. The van der Waals surface area contributed by atoms with Gasteiger partial charge in [0.2, 0.25) is 0 Å². The SMILES string of the molecule is C=C(COc1c(C)ccc2c1C=CC(C)(C)O2)c1ccc(CCC)cc1OS(=O)(=O)C1C=CC(C)=CC1. The van der Waals surface area contributed by atoms with Gasteiger partial charge in [0, 0.05) is 5.56 Å². The van der Waals surface area contributed by atoms with E-state index in [2.05, 4.69) is 13.5 Å². The molecule has 0 saturated heterocycles. The Morgan fingerprint density at radius 1 is 1.16 bits per heavy atom. The summed E-state index contributed by atoms with van der Waals surface area (Å²) in [5, 5.41) is -0.724. The maximum atomic E-state index is 13.2. The summed E-state index contributed by atoms with van der Waals surface area (Å²) in [5.74, 6) is 1.77. The van der Waals surface area contributed by atoms with Crippen LogP contribution in [0, 0.1) is 6.92 Å². The van der Waals surface area contributed by atoms with Crippen LogP contribution >= 0.6 is 0 Å². The molecule has 0 fully saturated rings. The van der Waals surface area contributed by atoms with Gasteiger partial charge in [0.15, 0.2) is 5.75 Å². The maximum Gasteiger partial charge on any atom is 0.316 e. The van der Waals surface area contributed by atoms with Crippen LogP contribution in [0.3, 0.4) is 0 Å². The highest BCUT2D eigenvalue weighted by molar-refractivity contribution is 7.87. The van der Waals surface area contributed by atoms with E-state index in [1.165, 1.54) is 0 Å². The first-order chi connectivity index (χ1) is 17.5. The second-order valence-corrected chi connectivity index (χ2v) is 12.1. The molecular formula is C31H36O5S. The lowest BCUT2D eigenvalue weighted by molar-refractivity contribution is 0.158.